The van der Waals surface area contributed by atoms with E-state index in [0.717, 1.165) is 30.6 Å². The Morgan fingerprint density at radius 2 is 1.62 bits per heavy atom. The van der Waals surface area contributed by atoms with Crippen LogP contribution < -0.4 is 0 Å². The molecule has 29 heavy (non-hydrogen) atoms. The molecule has 2 aliphatic heterocycles. The largest absolute Gasteiger partial charge is 0.454 e. The van der Waals surface area contributed by atoms with Gasteiger partial charge in [0.15, 0.2) is 6.61 Å². The van der Waals surface area contributed by atoms with Crippen molar-refractivity contribution in [2.45, 2.75) is 38.1 Å². The maximum Gasteiger partial charge on any atom is 0.329 e. The number of hydrogen-bond acceptors (Lipinski definition) is 6. The van der Waals surface area contributed by atoms with E-state index in [1.807, 2.05) is 6.26 Å². The first kappa shape index (κ1) is 21.4. The van der Waals surface area contributed by atoms with E-state index in [1.165, 1.54) is 11.8 Å². The predicted octanol–water partition coefficient (Wildman–Crippen LogP) is 2.35. The van der Waals surface area contributed by atoms with Crippen molar-refractivity contribution in [1.82, 2.24) is 9.80 Å². The van der Waals surface area contributed by atoms with Gasteiger partial charge in [-0.25, -0.2) is 4.79 Å². The number of hydrogen-bond donors (Lipinski definition) is 0. The normalized spacial score (nSPS) is 17.7. The molecule has 1 atom stereocenters. The fraction of sp³-hybridized carbons (Fsp3) is 0.524. The van der Waals surface area contributed by atoms with Crippen LogP contribution in [0.4, 0.5) is 0 Å². The van der Waals surface area contributed by atoms with Gasteiger partial charge in [-0.2, -0.15) is 11.8 Å². The summed E-state index contributed by atoms with van der Waals surface area (Å²) in [7, 11) is 0. The minimum atomic E-state index is -1.04. The number of rotatable bonds is 7. The van der Waals surface area contributed by atoms with Crippen LogP contribution in [0.25, 0.3) is 0 Å². The van der Waals surface area contributed by atoms with Gasteiger partial charge in [0.1, 0.15) is 6.04 Å². The Morgan fingerprint density at radius 1 is 1.03 bits per heavy atom. The molecule has 1 aromatic rings. The second-order valence-corrected chi connectivity index (χ2v) is 8.21. The number of fused-ring (bicyclic) bond motifs is 1. The van der Waals surface area contributed by atoms with E-state index in [0.29, 0.717) is 30.0 Å². The fourth-order valence-corrected chi connectivity index (χ4v) is 4.17. The maximum atomic E-state index is 12.8. The van der Waals surface area contributed by atoms with E-state index < -0.39 is 23.8 Å². The quantitative estimate of drug-likeness (QED) is 0.499. The van der Waals surface area contributed by atoms with Gasteiger partial charge in [0.2, 0.25) is 0 Å². The van der Waals surface area contributed by atoms with Crippen molar-refractivity contribution in [3.63, 3.8) is 0 Å². The van der Waals surface area contributed by atoms with Gasteiger partial charge < -0.3 is 9.64 Å². The molecule has 2 heterocycles. The molecule has 0 radical (unpaired) electrons. The molecule has 156 valence electrons. The molecule has 0 saturated carbocycles. The minimum Gasteiger partial charge on any atom is -0.454 e. The van der Waals surface area contributed by atoms with Gasteiger partial charge in [0, 0.05) is 13.1 Å². The van der Waals surface area contributed by atoms with Crippen LogP contribution in [0.5, 0.6) is 0 Å². The van der Waals surface area contributed by atoms with E-state index in [1.54, 1.807) is 29.2 Å². The standard InChI is InChI=1S/C21H26N2O5S/c1-29-13-10-17(23-19(25)15-8-4-5-9-16(15)20(23)26)21(27)28-14-18(24)22-11-6-2-3-7-12-22/h4-5,8-9,17H,2-3,6-7,10-14H2,1H3/t17-/m1/s1. The molecule has 0 unspecified atom stereocenters. The van der Waals surface area contributed by atoms with Crippen molar-refractivity contribution in [3.8, 4) is 0 Å². The van der Waals surface area contributed by atoms with Crippen molar-refractivity contribution in [1.29, 1.82) is 0 Å². The number of imide groups is 1. The smallest absolute Gasteiger partial charge is 0.329 e. The van der Waals surface area contributed by atoms with Gasteiger partial charge in [-0.15, -0.1) is 0 Å². The van der Waals surface area contributed by atoms with Crippen LogP contribution in [-0.2, 0) is 14.3 Å². The average molecular weight is 419 g/mol. The summed E-state index contributed by atoms with van der Waals surface area (Å²) < 4.78 is 5.28. The number of likely N-dealkylation sites (tertiary alicyclic amines) is 1. The van der Waals surface area contributed by atoms with Crippen molar-refractivity contribution >= 4 is 35.5 Å². The first-order valence-corrected chi connectivity index (χ1v) is 11.3. The number of ether oxygens (including phenoxy) is 1. The monoisotopic (exact) mass is 418 g/mol. The second kappa shape index (κ2) is 9.91. The topological polar surface area (TPSA) is 84.0 Å². The SMILES string of the molecule is CSCC[C@H](C(=O)OCC(=O)N1CCCCCC1)N1C(=O)c2ccccc2C1=O. The first-order valence-electron chi connectivity index (χ1n) is 9.95. The summed E-state index contributed by atoms with van der Waals surface area (Å²) in [5.41, 5.74) is 0.584. The van der Waals surface area contributed by atoms with Gasteiger partial charge in [-0.1, -0.05) is 25.0 Å². The summed E-state index contributed by atoms with van der Waals surface area (Å²) in [4.78, 5) is 53.4. The number of benzene rings is 1. The number of nitrogens with zero attached hydrogens (tertiary/aromatic N) is 2. The van der Waals surface area contributed by atoms with Crippen molar-refractivity contribution < 1.29 is 23.9 Å². The lowest BCUT2D eigenvalue weighted by Gasteiger charge is -2.25. The zero-order chi connectivity index (χ0) is 20.8. The number of carbonyl (C=O) groups is 4. The molecule has 1 fully saturated rings. The van der Waals surface area contributed by atoms with E-state index in [2.05, 4.69) is 0 Å². The summed E-state index contributed by atoms with van der Waals surface area (Å²) in [6.07, 6.45) is 6.26. The number of thioether (sulfide) groups is 1. The molecule has 0 aromatic heterocycles. The third-order valence-corrected chi connectivity index (χ3v) is 5.95. The van der Waals surface area contributed by atoms with Gasteiger partial charge in [-0.3, -0.25) is 19.3 Å². The van der Waals surface area contributed by atoms with Crippen LogP contribution >= 0.6 is 11.8 Å². The highest BCUT2D eigenvalue weighted by Crippen LogP contribution is 2.26. The van der Waals surface area contributed by atoms with Crippen LogP contribution in [0, 0.1) is 0 Å². The predicted molar refractivity (Wildman–Crippen MR) is 110 cm³/mol. The lowest BCUT2D eigenvalue weighted by atomic mass is 10.1. The Hall–Kier alpha value is -2.35. The van der Waals surface area contributed by atoms with Gasteiger partial charge in [0.25, 0.3) is 17.7 Å². The summed E-state index contributed by atoms with van der Waals surface area (Å²) in [6.45, 7) is 0.979. The number of carbonyl (C=O) groups excluding carboxylic acids is 4. The maximum absolute atomic E-state index is 12.8. The molecule has 0 N–H and O–H groups in total. The molecule has 2 aliphatic rings. The fourth-order valence-electron chi connectivity index (χ4n) is 3.71. The summed E-state index contributed by atoms with van der Waals surface area (Å²) in [5.74, 6) is -1.35. The third kappa shape index (κ3) is 4.80. The Labute approximate surface area is 174 Å². The van der Waals surface area contributed by atoms with Gasteiger partial charge in [-0.05, 0) is 43.4 Å². The Kier molecular flexibility index (Phi) is 7.30. The van der Waals surface area contributed by atoms with Crippen molar-refractivity contribution in [2.75, 3.05) is 31.7 Å². The first-order chi connectivity index (χ1) is 14.0. The zero-order valence-electron chi connectivity index (χ0n) is 16.6. The van der Waals surface area contributed by atoms with Crippen LogP contribution in [0.15, 0.2) is 24.3 Å². The van der Waals surface area contributed by atoms with E-state index >= 15 is 0 Å². The lowest BCUT2D eigenvalue weighted by Crippen LogP contribution is -2.47. The molecule has 1 aromatic carbocycles. The molecule has 1 saturated heterocycles. The molecule has 3 amide bonds. The zero-order valence-corrected chi connectivity index (χ0v) is 17.4. The van der Waals surface area contributed by atoms with E-state index in [-0.39, 0.29) is 18.9 Å². The Morgan fingerprint density at radius 3 is 2.17 bits per heavy atom. The minimum absolute atomic E-state index is 0.230. The summed E-state index contributed by atoms with van der Waals surface area (Å²) >= 11 is 1.51. The highest BCUT2D eigenvalue weighted by atomic mass is 32.2. The van der Waals surface area contributed by atoms with Gasteiger partial charge in [0.05, 0.1) is 11.1 Å². The van der Waals surface area contributed by atoms with Crippen LogP contribution in [0.2, 0.25) is 0 Å². The Bertz CT molecular complexity index is 754. The molecule has 3 rings (SSSR count). The van der Waals surface area contributed by atoms with Gasteiger partial charge >= 0.3 is 5.97 Å². The summed E-state index contributed by atoms with van der Waals surface area (Å²) in [6, 6.07) is 5.49. The molecule has 0 spiro atoms. The Balaban J connectivity index is 1.68. The highest BCUT2D eigenvalue weighted by molar-refractivity contribution is 7.98. The number of esters is 1. The van der Waals surface area contributed by atoms with Crippen molar-refractivity contribution in [2.24, 2.45) is 0 Å². The molecule has 0 bridgehead atoms. The van der Waals surface area contributed by atoms with Crippen LogP contribution in [-0.4, -0.2) is 71.2 Å². The number of amides is 3. The average Bonchev–Trinajstić information content (AvgIpc) is 2.92. The third-order valence-electron chi connectivity index (χ3n) is 5.30. The lowest BCUT2D eigenvalue weighted by molar-refractivity contribution is -0.155. The molecule has 8 heteroatoms. The van der Waals surface area contributed by atoms with Crippen LogP contribution in [0.3, 0.4) is 0 Å². The molecular formula is C21H26N2O5S. The van der Waals surface area contributed by atoms with Crippen LogP contribution in [0.1, 0.15) is 52.8 Å². The van der Waals surface area contributed by atoms with E-state index in [9.17, 15) is 19.2 Å². The summed E-state index contributed by atoms with van der Waals surface area (Å²) in [5, 5.41) is 0. The molecular weight excluding hydrogens is 392 g/mol. The molecule has 7 nitrogen and oxygen atoms in total. The second-order valence-electron chi connectivity index (χ2n) is 7.23. The van der Waals surface area contributed by atoms with Crippen molar-refractivity contribution in [3.05, 3.63) is 35.4 Å². The highest BCUT2D eigenvalue weighted by Gasteiger charge is 2.43. The van der Waals surface area contributed by atoms with E-state index in [4.69, 9.17) is 4.74 Å². The molecule has 0 aliphatic carbocycles.